The summed E-state index contributed by atoms with van der Waals surface area (Å²) < 4.78 is 14.7. The van der Waals surface area contributed by atoms with E-state index in [2.05, 4.69) is 41.0 Å². The number of aromatic nitrogens is 1. The van der Waals surface area contributed by atoms with Crippen LogP contribution in [-0.4, -0.2) is 49.1 Å². The summed E-state index contributed by atoms with van der Waals surface area (Å²) in [5.74, 6) is 1.57. The topological polar surface area (TPSA) is 43.8 Å². The number of hydrogen-bond acceptors (Lipinski definition) is 3. The van der Waals surface area contributed by atoms with E-state index in [1.165, 1.54) is 6.07 Å². The van der Waals surface area contributed by atoms with Gasteiger partial charge in [-0.05, 0) is 24.3 Å². The molecule has 1 N–H and O–H groups in total. The number of pyridine rings is 1. The Kier molecular flexibility index (Phi) is 8.08. The summed E-state index contributed by atoms with van der Waals surface area (Å²) in [6.45, 7) is 3.86. The molecular formula is C18H22BrFIN5. The van der Waals surface area contributed by atoms with Gasteiger partial charge in [-0.15, -0.1) is 24.0 Å². The molecule has 1 aliphatic rings. The van der Waals surface area contributed by atoms with Crippen LogP contribution in [0, 0.1) is 5.82 Å². The summed E-state index contributed by atoms with van der Waals surface area (Å²) in [7, 11) is 1.76. The lowest BCUT2D eigenvalue weighted by Gasteiger charge is -2.37. The third-order valence-corrected chi connectivity index (χ3v) is 4.71. The molecule has 0 bridgehead atoms. The van der Waals surface area contributed by atoms with Crippen molar-refractivity contribution >= 4 is 51.7 Å². The first-order valence-electron chi connectivity index (χ1n) is 8.23. The van der Waals surface area contributed by atoms with Crippen LogP contribution in [0.1, 0.15) is 5.56 Å². The van der Waals surface area contributed by atoms with Crippen LogP contribution in [0.2, 0.25) is 0 Å². The highest BCUT2D eigenvalue weighted by Gasteiger charge is 2.20. The number of nitrogens with zero attached hydrogens (tertiary/aromatic N) is 4. The fourth-order valence-corrected chi connectivity index (χ4v) is 3.19. The van der Waals surface area contributed by atoms with Crippen molar-refractivity contribution in [2.75, 3.05) is 38.1 Å². The van der Waals surface area contributed by atoms with E-state index >= 15 is 0 Å². The smallest absolute Gasteiger partial charge is 0.194 e. The molecule has 5 nitrogen and oxygen atoms in total. The number of nitrogens with one attached hydrogen (secondary N) is 1. The van der Waals surface area contributed by atoms with Gasteiger partial charge in [0.05, 0.1) is 0 Å². The zero-order valence-electron chi connectivity index (χ0n) is 14.5. The molecule has 0 saturated carbocycles. The lowest BCUT2D eigenvalue weighted by Crippen LogP contribution is -2.52. The van der Waals surface area contributed by atoms with E-state index in [0.717, 1.165) is 42.4 Å². The van der Waals surface area contributed by atoms with E-state index < -0.39 is 0 Å². The largest absolute Gasteiger partial charge is 0.353 e. The minimum Gasteiger partial charge on any atom is -0.353 e. The van der Waals surface area contributed by atoms with E-state index in [1.807, 2.05) is 30.5 Å². The van der Waals surface area contributed by atoms with Crippen LogP contribution >= 0.6 is 39.9 Å². The van der Waals surface area contributed by atoms with Crippen LogP contribution < -0.4 is 10.2 Å². The molecule has 0 amide bonds. The third-order valence-electron chi connectivity index (χ3n) is 4.22. The van der Waals surface area contributed by atoms with Gasteiger partial charge in [-0.1, -0.05) is 28.1 Å². The van der Waals surface area contributed by atoms with Gasteiger partial charge in [0.15, 0.2) is 5.96 Å². The van der Waals surface area contributed by atoms with E-state index in [1.54, 1.807) is 13.1 Å². The Morgan fingerprint density at radius 3 is 2.62 bits per heavy atom. The summed E-state index contributed by atoms with van der Waals surface area (Å²) >= 11 is 3.28. The van der Waals surface area contributed by atoms with E-state index in [9.17, 15) is 4.39 Å². The lowest BCUT2D eigenvalue weighted by atomic mass is 10.2. The highest BCUT2D eigenvalue weighted by Crippen LogP contribution is 2.16. The fourth-order valence-electron chi connectivity index (χ4n) is 2.86. The average molecular weight is 534 g/mol. The van der Waals surface area contributed by atoms with Crippen LogP contribution in [0.5, 0.6) is 0 Å². The van der Waals surface area contributed by atoms with Gasteiger partial charge in [-0.2, -0.15) is 0 Å². The van der Waals surface area contributed by atoms with E-state index in [-0.39, 0.29) is 29.8 Å². The fraction of sp³-hybridized carbons (Fsp3) is 0.333. The Morgan fingerprint density at radius 1 is 1.23 bits per heavy atom. The Morgan fingerprint density at radius 2 is 2.00 bits per heavy atom. The number of rotatable bonds is 3. The summed E-state index contributed by atoms with van der Waals surface area (Å²) in [4.78, 5) is 13.2. The molecule has 2 heterocycles. The van der Waals surface area contributed by atoms with Gasteiger partial charge in [0.1, 0.15) is 11.6 Å². The minimum atomic E-state index is -0.225. The van der Waals surface area contributed by atoms with Crippen molar-refractivity contribution in [3.05, 3.63) is 58.4 Å². The van der Waals surface area contributed by atoms with Crippen LogP contribution in [0.15, 0.2) is 52.1 Å². The molecule has 140 valence electrons. The van der Waals surface area contributed by atoms with Gasteiger partial charge < -0.3 is 15.1 Å². The first kappa shape index (κ1) is 20.9. The predicted octanol–water partition coefficient (Wildman–Crippen LogP) is 3.50. The van der Waals surface area contributed by atoms with Crippen molar-refractivity contribution in [2.24, 2.45) is 4.99 Å². The van der Waals surface area contributed by atoms with Crippen LogP contribution in [0.4, 0.5) is 10.2 Å². The molecule has 0 atom stereocenters. The Bertz CT molecular complexity index is 736. The van der Waals surface area contributed by atoms with E-state index in [4.69, 9.17) is 0 Å². The van der Waals surface area contributed by atoms with Crippen LogP contribution in [0.3, 0.4) is 0 Å². The van der Waals surface area contributed by atoms with Gasteiger partial charge in [-0.3, -0.25) is 4.99 Å². The van der Waals surface area contributed by atoms with Crippen molar-refractivity contribution in [3.63, 3.8) is 0 Å². The third kappa shape index (κ3) is 5.29. The standard InChI is InChI=1S/C18H21BrFN5.HI/c1-21-18(23-13-14-5-6-15(19)12-16(14)20)25-10-8-24(9-11-25)17-4-2-3-7-22-17;/h2-7,12H,8-11,13H2,1H3,(H,21,23);1H. The number of guanidine groups is 1. The van der Waals surface area contributed by atoms with Gasteiger partial charge in [0.2, 0.25) is 0 Å². The quantitative estimate of drug-likeness (QED) is 0.372. The highest BCUT2D eigenvalue weighted by molar-refractivity contribution is 14.0. The summed E-state index contributed by atoms with van der Waals surface area (Å²) in [6, 6.07) is 11.0. The molecular weight excluding hydrogens is 512 g/mol. The molecule has 8 heteroatoms. The second-order valence-electron chi connectivity index (χ2n) is 5.80. The first-order chi connectivity index (χ1) is 12.2. The lowest BCUT2D eigenvalue weighted by molar-refractivity contribution is 0.371. The first-order valence-corrected chi connectivity index (χ1v) is 9.02. The zero-order valence-corrected chi connectivity index (χ0v) is 18.4. The van der Waals surface area contributed by atoms with Gasteiger partial charge in [0, 0.05) is 56.0 Å². The number of hydrogen-bond donors (Lipinski definition) is 1. The average Bonchev–Trinajstić information content (AvgIpc) is 2.65. The second-order valence-corrected chi connectivity index (χ2v) is 6.71. The number of halogens is 3. The molecule has 0 aliphatic carbocycles. The molecule has 3 rings (SSSR count). The van der Waals surface area contributed by atoms with Crippen molar-refractivity contribution < 1.29 is 4.39 Å². The number of anilines is 1. The number of piperazine rings is 1. The van der Waals surface area contributed by atoms with Crippen LogP contribution in [-0.2, 0) is 6.54 Å². The monoisotopic (exact) mass is 533 g/mol. The van der Waals surface area contributed by atoms with Crippen molar-refractivity contribution in [1.82, 2.24) is 15.2 Å². The van der Waals surface area contributed by atoms with Gasteiger partial charge in [-0.25, -0.2) is 9.37 Å². The molecule has 1 aromatic carbocycles. The molecule has 26 heavy (non-hydrogen) atoms. The SMILES string of the molecule is CN=C(NCc1ccc(Br)cc1F)N1CCN(c2ccccn2)CC1.I. The van der Waals surface area contributed by atoms with Crippen molar-refractivity contribution in [3.8, 4) is 0 Å². The summed E-state index contributed by atoms with van der Waals surface area (Å²) in [6.07, 6.45) is 1.81. The molecule has 0 radical (unpaired) electrons. The van der Waals surface area contributed by atoms with Gasteiger partial charge in [0.25, 0.3) is 0 Å². The predicted molar refractivity (Wildman–Crippen MR) is 118 cm³/mol. The molecule has 0 unspecified atom stereocenters. The minimum absolute atomic E-state index is 0. The van der Waals surface area contributed by atoms with Crippen molar-refractivity contribution in [2.45, 2.75) is 6.54 Å². The maximum absolute atomic E-state index is 13.9. The van der Waals surface area contributed by atoms with Gasteiger partial charge >= 0.3 is 0 Å². The summed E-state index contributed by atoms with van der Waals surface area (Å²) in [5, 5.41) is 3.26. The molecule has 2 aromatic rings. The Hall–Kier alpha value is -1.42. The molecule has 0 spiro atoms. The number of benzene rings is 1. The maximum atomic E-state index is 13.9. The van der Waals surface area contributed by atoms with E-state index in [0.29, 0.717) is 12.1 Å². The maximum Gasteiger partial charge on any atom is 0.194 e. The second kappa shape index (κ2) is 10.1. The molecule has 1 aliphatic heterocycles. The molecule has 1 saturated heterocycles. The molecule has 1 fully saturated rings. The Balaban J connectivity index is 0.00000243. The zero-order chi connectivity index (χ0) is 17.6. The summed E-state index contributed by atoms with van der Waals surface area (Å²) in [5.41, 5.74) is 0.622. The number of aliphatic imine (C=N–C) groups is 1. The van der Waals surface area contributed by atoms with Crippen molar-refractivity contribution in [1.29, 1.82) is 0 Å². The van der Waals surface area contributed by atoms with Crippen LogP contribution in [0.25, 0.3) is 0 Å². The Labute approximate surface area is 178 Å². The normalized spacial score (nSPS) is 14.8. The highest BCUT2D eigenvalue weighted by atomic mass is 127. The molecule has 1 aromatic heterocycles.